The average molecular weight is 1070 g/mol. The normalized spacial score (nSPS) is 13.8. The summed E-state index contributed by atoms with van der Waals surface area (Å²) in [5, 5.41) is 12.6. The molecule has 2 aliphatic rings. The standard InChI is InChI=1S/C82H60N2/c1-81(2)73-49-53(31-43-69(73)71-47-41-63(51-75(71)81)83(61-21-7-5-8-22-61)77-27-15-19-55-17-11-13-25-65(55)77)29-33-57-35-37-59-40-46-68-58(36-38-60-39-45-67(57)79(59)80(60)68)34-30-54-32-44-70-72-48-42-64(52-76(72)82(3,4)74(70)50-54)84(62-23-9-6-10-24-62)78-28-16-20-56-18-12-14-26-66(56)78/h5-52H,1-4H3/b33-29+,34-30+. The molecule has 398 valence electrons. The van der Waals surface area contributed by atoms with Gasteiger partial charge in [-0.15, -0.1) is 0 Å². The maximum absolute atomic E-state index is 2.43. The molecule has 16 rings (SSSR count). The molecule has 2 aliphatic carbocycles. The van der Waals surface area contributed by atoms with Gasteiger partial charge in [-0.25, -0.2) is 0 Å². The molecule has 0 spiro atoms. The van der Waals surface area contributed by atoms with Crippen LogP contribution in [0.2, 0.25) is 0 Å². The lowest BCUT2D eigenvalue weighted by molar-refractivity contribution is 0.660. The van der Waals surface area contributed by atoms with Gasteiger partial charge in [0.1, 0.15) is 0 Å². The molecule has 0 aliphatic heterocycles. The van der Waals surface area contributed by atoms with Crippen LogP contribution in [-0.4, -0.2) is 0 Å². The summed E-state index contributed by atoms with van der Waals surface area (Å²) in [4.78, 5) is 4.84. The average Bonchev–Trinajstić information content (AvgIpc) is 1.68. The third-order valence-corrected chi connectivity index (χ3v) is 18.6. The largest absolute Gasteiger partial charge is 0.310 e. The highest BCUT2D eigenvalue weighted by atomic mass is 15.1. The fourth-order valence-corrected chi connectivity index (χ4v) is 14.3. The van der Waals surface area contributed by atoms with Gasteiger partial charge in [-0.2, -0.15) is 0 Å². The van der Waals surface area contributed by atoms with Gasteiger partial charge in [-0.3, -0.25) is 0 Å². The van der Waals surface area contributed by atoms with Gasteiger partial charge in [0.2, 0.25) is 0 Å². The molecule has 0 unspecified atom stereocenters. The summed E-state index contributed by atoms with van der Waals surface area (Å²) in [6.45, 7) is 9.55. The first-order valence-electron chi connectivity index (χ1n) is 29.5. The number of hydrogen-bond donors (Lipinski definition) is 0. The van der Waals surface area contributed by atoms with E-state index in [1.807, 2.05) is 0 Å². The maximum atomic E-state index is 2.43. The van der Waals surface area contributed by atoms with Crippen molar-refractivity contribution >= 4 is 112 Å². The molecule has 0 N–H and O–H groups in total. The molecule has 2 heteroatoms. The summed E-state index contributed by atoms with van der Waals surface area (Å²) in [6, 6.07) is 98.9. The van der Waals surface area contributed by atoms with Crippen LogP contribution in [0.3, 0.4) is 0 Å². The molecule has 0 bridgehead atoms. The van der Waals surface area contributed by atoms with E-state index in [-0.39, 0.29) is 10.8 Å². The first-order chi connectivity index (χ1) is 41.2. The molecule has 14 aromatic rings. The molecule has 0 heterocycles. The molecule has 0 saturated carbocycles. The van der Waals surface area contributed by atoms with Crippen LogP contribution in [0.5, 0.6) is 0 Å². The third kappa shape index (κ3) is 7.85. The Labute approximate surface area is 491 Å². The number of hydrogen-bond acceptors (Lipinski definition) is 2. The summed E-state index contributed by atoms with van der Waals surface area (Å²) in [7, 11) is 0. The molecular formula is C82H60N2. The van der Waals surface area contributed by atoms with Crippen molar-refractivity contribution < 1.29 is 0 Å². The topological polar surface area (TPSA) is 6.48 Å². The number of fused-ring (bicyclic) bond motifs is 8. The molecule has 14 aromatic carbocycles. The number of nitrogens with zero attached hydrogens (tertiary/aromatic N) is 2. The number of benzene rings is 14. The summed E-state index contributed by atoms with van der Waals surface area (Å²) < 4.78 is 0. The van der Waals surface area contributed by atoms with Gasteiger partial charge < -0.3 is 9.80 Å². The first kappa shape index (κ1) is 49.5. The van der Waals surface area contributed by atoms with E-state index in [1.54, 1.807) is 0 Å². The molecule has 0 atom stereocenters. The van der Waals surface area contributed by atoms with E-state index in [9.17, 15) is 0 Å². The van der Waals surface area contributed by atoms with E-state index < -0.39 is 0 Å². The van der Waals surface area contributed by atoms with Crippen molar-refractivity contribution in [2.75, 3.05) is 9.80 Å². The predicted octanol–water partition coefficient (Wildman–Crippen LogP) is 22.8. The fraction of sp³-hybridized carbons (Fsp3) is 0.0732. The van der Waals surface area contributed by atoms with Crippen molar-refractivity contribution in [3.05, 3.63) is 311 Å². The first-order valence-corrected chi connectivity index (χ1v) is 29.5. The Kier molecular flexibility index (Phi) is 11.3. The van der Waals surface area contributed by atoms with Gasteiger partial charge in [0.05, 0.1) is 11.4 Å². The SMILES string of the molecule is CC1(C)c2cc(/C=C/c3ccc4ccc5c(/C=C/c6ccc7c(c6)C(C)(C)c6cc(N(c8ccccc8)c8cccc9ccccc89)ccc6-7)ccc6ccc3c4c65)ccc2-c2ccc(N(c3ccccc3)c3cccc4ccccc34)cc21. The van der Waals surface area contributed by atoms with Crippen LogP contribution in [0.1, 0.15) is 72.2 Å². The van der Waals surface area contributed by atoms with Crippen LogP contribution in [-0.2, 0) is 10.8 Å². The summed E-state index contributed by atoms with van der Waals surface area (Å²) in [6.07, 6.45) is 9.26. The van der Waals surface area contributed by atoms with E-state index in [0.29, 0.717) is 0 Å². The Morgan fingerprint density at radius 2 is 0.631 bits per heavy atom. The Morgan fingerprint density at radius 3 is 1.07 bits per heavy atom. The third-order valence-electron chi connectivity index (χ3n) is 18.6. The monoisotopic (exact) mass is 1070 g/mol. The zero-order valence-electron chi connectivity index (χ0n) is 47.6. The van der Waals surface area contributed by atoms with Crippen molar-refractivity contribution in [2.24, 2.45) is 0 Å². The zero-order chi connectivity index (χ0) is 56.3. The second kappa shape index (κ2) is 19.2. The summed E-state index contributed by atoms with van der Waals surface area (Å²) >= 11 is 0. The van der Waals surface area contributed by atoms with Gasteiger partial charge in [-0.1, -0.05) is 258 Å². The van der Waals surface area contributed by atoms with Crippen LogP contribution < -0.4 is 9.80 Å². The number of anilines is 6. The molecule has 84 heavy (non-hydrogen) atoms. The number of para-hydroxylation sites is 2. The van der Waals surface area contributed by atoms with Gasteiger partial charge in [0.15, 0.2) is 0 Å². The van der Waals surface area contributed by atoms with E-state index in [2.05, 4.69) is 329 Å². The van der Waals surface area contributed by atoms with Gasteiger partial charge in [-0.05, 0) is 171 Å². The van der Waals surface area contributed by atoms with Gasteiger partial charge in [0, 0.05) is 44.4 Å². The predicted molar refractivity (Wildman–Crippen MR) is 360 cm³/mol. The molecule has 0 aromatic heterocycles. The highest BCUT2D eigenvalue weighted by Crippen LogP contribution is 2.54. The Bertz CT molecular complexity index is 4690. The van der Waals surface area contributed by atoms with Crippen LogP contribution in [0, 0.1) is 0 Å². The van der Waals surface area contributed by atoms with Gasteiger partial charge in [0.25, 0.3) is 0 Å². The fourth-order valence-electron chi connectivity index (χ4n) is 14.3. The quantitative estimate of drug-likeness (QED) is 0.0995. The lowest BCUT2D eigenvalue weighted by atomic mass is 9.81. The second-order valence-corrected chi connectivity index (χ2v) is 24.1. The molecular weight excluding hydrogens is 1010 g/mol. The van der Waals surface area contributed by atoms with Crippen LogP contribution >= 0.6 is 0 Å². The summed E-state index contributed by atoms with van der Waals surface area (Å²) in [5.41, 5.74) is 22.0. The van der Waals surface area contributed by atoms with E-state index in [1.165, 1.54) is 132 Å². The molecule has 0 amide bonds. The summed E-state index contributed by atoms with van der Waals surface area (Å²) in [5.74, 6) is 0. The minimum atomic E-state index is -0.205. The van der Waals surface area contributed by atoms with Crippen LogP contribution in [0.25, 0.3) is 100 Å². The highest BCUT2D eigenvalue weighted by molar-refractivity contribution is 6.25. The lowest BCUT2D eigenvalue weighted by Gasteiger charge is -2.29. The van der Waals surface area contributed by atoms with Crippen molar-refractivity contribution in [3.8, 4) is 22.3 Å². The zero-order valence-corrected chi connectivity index (χ0v) is 47.6. The Balaban J connectivity index is 0.694. The van der Waals surface area contributed by atoms with Crippen LogP contribution in [0.4, 0.5) is 34.1 Å². The maximum Gasteiger partial charge on any atom is 0.0540 e. The molecule has 0 fully saturated rings. The van der Waals surface area contributed by atoms with Crippen molar-refractivity contribution in [1.29, 1.82) is 0 Å². The molecule has 0 radical (unpaired) electrons. The van der Waals surface area contributed by atoms with Crippen molar-refractivity contribution in [2.45, 2.75) is 38.5 Å². The highest BCUT2D eigenvalue weighted by Gasteiger charge is 2.38. The van der Waals surface area contributed by atoms with E-state index in [0.717, 1.165) is 22.7 Å². The van der Waals surface area contributed by atoms with E-state index >= 15 is 0 Å². The number of rotatable bonds is 10. The minimum absolute atomic E-state index is 0.205. The van der Waals surface area contributed by atoms with Crippen LogP contribution in [0.15, 0.2) is 267 Å². The Morgan fingerprint density at radius 1 is 0.262 bits per heavy atom. The van der Waals surface area contributed by atoms with Crippen molar-refractivity contribution in [1.82, 2.24) is 0 Å². The molecule has 2 nitrogen and oxygen atoms in total. The minimum Gasteiger partial charge on any atom is -0.310 e. The van der Waals surface area contributed by atoms with Crippen molar-refractivity contribution in [3.63, 3.8) is 0 Å². The van der Waals surface area contributed by atoms with E-state index in [4.69, 9.17) is 0 Å². The molecule has 0 saturated heterocycles. The smallest absolute Gasteiger partial charge is 0.0540 e. The second-order valence-electron chi connectivity index (χ2n) is 24.1. The van der Waals surface area contributed by atoms with Gasteiger partial charge >= 0.3 is 0 Å². The lowest BCUT2D eigenvalue weighted by Crippen LogP contribution is -2.16. The Hall–Kier alpha value is -10.3.